The molecule has 2 aromatic rings. The van der Waals surface area contributed by atoms with E-state index >= 15 is 0 Å². The molecule has 1 amide bonds. The molecule has 0 fully saturated rings. The van der Waals surface area contributed by atoms with Crippen LogP contribution in [0.4, 0.5) is 4.39 Å². The van der Waals surface area contributed by atoms with Gasteiger partial charge in [0.15, 0.2) is 5.71 Å². The fourth-order valence-electron chi connectivity index (χ4n) is 1.80. The number of oxime groups is 1. The zero-order valence-electron chi connectivity index (χ0n) is 12.2. The molecule has 0 spiro atoms. The molecule has 0 saturated carbocycles. The molecule has 0 unspecified atom stereocenters. The standard InChI is InChI=1S/C16H15FN2O3/c1-18-16(20)15(19-21-2)13-5-3-4-6-14(13)22-12-9-7-11(17)8-10-12/h3-10H,1-2H3,(H,18,20)/b19-15-. The van der Waals surface area contributed by atoms with Crippen LogP contribution in [0.5, 0.6) is 11.5 Å². The third-order valence-corrected chi connectivity index (χ3v) is 2.81. The molecule has 0 atom stereocenters. The molecule has 0 radical (unpaired) electrons. The van der Waals surface area contributed by atoms with E-state index in [0.717, 1.165) is 0 Å². The van der Waals surface area contributed by atoms with Gasteiger partial charge in [-0.1, -0.05) is 17.3 Å². The fourth-order valence-corrected chi connectivity index (χ4v) is 1.80. The number of nitrogens with one attached hydrogen (secondary N) is 1. The van der Waals surface area contributed by atoms with Gasteiger partial charge in [0.1, 0.15) is 24.4 Å². The Morgan fingerprint density at radius 1 is 1.14 bits per heavy atom. The molecule has 1 N–H and O–H groups in total. The van der Waals surface area contributed by atoms with E-state index in [1.54, 1.807) is 24.3 Å². The molecule has 0 saturated heterocycles. The van der Waals surface area contributed by atoms with Gasteiger partial charge in [-0.2, -0.15) is 0 Å². The van der Waals surface area contributed by atoms with E-state index in [0.29, 0.717) is 17.1 Å². The highest BCUT2D eigenvalue weighted by atomic mass is 19.1. The zero-order chi connectivity index (χ0) is 15.9. The number of carbonyl (C=O) groups is 1. The van der Waals surface area contributed by atoms with E-state index in [-0.39, 0.29) is 11.5 Å². The minimum atomic E-state index is -0.406. The van der Waals surface area contributed by atoms with Crippen molar-refractivity contribution in [3.63, 3.8) is 0 Å². The normalized spacial score (nSPS) is 11.0. The average Bonchev–Trinajstić information content (AvgIpc) is 2.55. The first-order valence-electron chi connectivity index (χ1n) is 6.51. The van der Waals surface area contributed by atoms with Crippen LogP contribution in [0.25, 0.3) is 0 Å². The molecule has 114 valence electrons. The number of carbonyl (C=O) groups excluding carboxylic acids is 1. The topological polar surface area (TPSA) is 59.9 Å². The van der Waals surface area contributed by atoms with Gasteiger partial charge in [-0.05, 0) is 36.4 Å². The molecule has 0 aliphatic carbocycles. The number of rotatable bonds is 5. The Labute approximate surface area is 127 Å². The van der Waals surface area contributed by atoms with Crippen molar-refractivity contribution in [1.82, 2.24) is 5.32 Å². The summed E-state index contributed by atoms with van der Waals surface area (Å²) in [5, 5.41) is 6.24. The lowest BCUT2D eigenvalue weighted by atomic mass is 10.1. The number of benzene rings is 2. The Balaban J connectivity index is 2.39. The van der Waals surface area contributed by atoms with Crippen molar-refractivity contribution in [3.05, 3.63) is 59.9 Å². The Kier molecular flexibility index (Phi) is 5.08. The van der Waals surface area contributed by atoms with Crippen LogP contribution in [0, 0.1) is 5.82 Å². The van der Waals surface area contributed by atoms with Crippen molar-refractivity contribution in [2.45, 2.75) is 0 Å². The monoisotopic (exact) mass is 302 g/mol. The lowest BCUT2D eigenvalue weighted by Crippen LogP contribution is -2.28. The Bertz CT molecular complexity index is 684. The first-order chi connectivity index (χ1) is 10.7. The number of ether oxygens (including phenoxy) is 1. The summed E-state index contributed by atoms with van der Waals surface area (Å²) < 4.78 is 18.6. The molecule has 6 heteroatoms. The lowest BCUT2D eigenvalue weighted by molar-refractivity contribution is -0.114. The highest BCUT2D eigenvalue weighted by molar-refractivity contribution is 6.45. The van der Waals surface area contributed by atoms with Crippen LogP contribution < -0.4 is 10.1 Å². The van der Waals surface area contributed by atoms with Crippen molar-refractivity contribution in [2.75, 3.05) is 14.2 Å². The SMILES string of the molecule is CNC(=O)/C(=N\OC)c1ccccc1Oc1ccc(F)cc1. The summed E-state index contributed by atoms with van der Waals surface area (Å²) in [6, 6.07) is 12.5. The molecule has 22 heavy (non-hydrogen) atoms. The smallest absolute Gasteiger partial charge is 0.273 e. The van der Waals surface area contributed by atoms with Crippen LogP contribution in [0.2, 0.25) is 0 Å². The molecular weight excluding hydrogens is 287 g/mol. The average molecular weight is 302 g/mol. The van der Waals surface area contributed by atoms with E-state index in [2.05, 4.69) is 10.5 Å². The van der Waals surface area contributed by atoms with Gasteiger partial charge in [0.05, 0.1) is 5.56 Å². The number of halogens is 1. The van der Waals surface area contributed by atoms with E-state index in [9.17, 15) is 9.18 Å². The van der Waals surface area contributed by atoms with E-state index in [4.69, 9.17) is 9.57 Å². The predicted octanol–water partition coefficient (Wildman–Crippen LogP) is 2.71. The first-order valence-corrected chi connectivity index (χ1v) is 6.51. The fraction of sp³-hybridized carbons (Fsp3) is 0.125. The lowest BCUT2D eigenvalue weighted by Gasteiger charge is -2.12. The van der Waals surface area contributed by atoms with Crippen molar-refractivity contribution in [3.8, 4) is 11.5 Å². The zero-order valence-corrected chi connectivity index (χ0v) is 12.2. The molecule has 0 aliphatic rings. The predicted molar refractivity (Wildman–Crippen MR) is 80.5 cm³/mol. The maximum Gasteiger partial charge on any atom is 0.273 e. The first kappa shape index (κ1) is 15.5. The number of likely N-dealkylation sites (N-methyl/N-ethyl adjacent to an activating group) is 1. The molecule has 5 nitrogen and oxygen atoms in total. The van der Waals surface area contributed by atoms with Gasteiger partial charge in [0.25, 0.3) is 5.91 Å². The Morgan fingerprint density at radius 2 is 1.82 bits per heavy atom. The minimum absolute atomic E-state index is 0.0858. The third-order valence-electron chi connectivity index (χ3n) is 2.81. The molecule has 0 bridgehead atoms. The van der Waals surface area contributed by atoms with Crippen molar-refractivity contribution in [2.24, 2.45) is 5.16 Å². The van der Waals surface area contributed by atoms with Crippen molar-refractivity contribution in [1.29, 1.82) is 0 Å². The number of para-hydroxylation sites is 1. The second-order valence-electron chi connectivity index (χ2n) is 4.25. The van der Waals surface area contributed by atoms with Gasteiger partial charge in [-0.3, -0.25) is 4.79 Å². The Hall–Kier alpha value is -2.89. The maximum absolute atomic E-state index is 12.9. The number of hydrogen-bond donors (Lipinski definition) is 1. The number of nitrogens with zero attached hydrogens (tertiary/aromatic N) is 1. The summed E-state index contributed by atoms with van der Waals surface area (Å²) >= 11 is 0. The highest BCUT2D eigenvalue weighted by Crippen LogP contribution is 2.26. The summed E-state index contributed by atoms with van der Waals surface area (Å²) in [5.41, 5.74) is 0.552. The summed E-state index contributed by atoms with van der Waals surface area (Å²) in [4.78, 5) is 16.6. The Morgan fingerprint density at radius 3 is 2.45 bits per heavy atom. The third kappa shape index (κ3) is 3.60. The van der Waals surface area contributed by atoms with Gasteiger partial charge in [-0.25, -0.2) is 4.39 Å². The largest absolute Gasteiger partial charge is 0.457 e. The van der Waals surface area contributed by atoms with Gasteiger partial charge in [0, 0.05) is 7.05 Å². The maximum atomic E-state index is 12.9. The van der Waals surface area contributed by atoms with E-state index in [1.807, 2.05) is 0 Å². The molecule has 2 rings (SSSR count). The van der Waals surface area contributed by atoms with Crippen LogP contribution in [0.15, 0.2) is 53.7 Å². The summed E-state index contributed by atoms with van der Waals surface area (Å²) in [6.07, 6.45) is 0. The van der Waals surface area contributed by atoms with Gasteiger partial charge in [-0.15, -0.1) is 0 Å². The van der Waals surface area contributed by atoms with Gasteiger partial charge < -0.3 is 14.9 Å². The van der Waals surface area contributed by atoms with Crippen LogP contribution in [-0.4, -0.2) is 25.8 Å². The van der Waals surface area contributed by atoms with Crippen LogP contribution in [-0.2, 0) is 9.63 Å². The van der Waals surface area contributed by atoms with Gasteiger partial charge in [0.2, 0.25) is 0 Å². The van der Waals surface area contributed by atoms with E-state index < -0.39 is 5.91 Å². The quantitative estimate of drug-likeness (QED) is 0.682. The van der Waals surface area contributed by atoms with Crippen LogP contribution >= 0.6 is 0 Å². The van der Waals surface area contributed by atoms with Gasteiger partial charge >= 0.3 is 0 Å². The summed E-state index contributed by atoms with van der Waals surface area (Å²) in [7, 11) is 2.85. The molecule has 2 aromatic carbocycles. The number of hydrogen-bond acceptors (Lipinski definition) is 4. The minimum Gasteiger partial charge on any atom is -0.457 e. The van der Waals surface area contributed by atoms with Crippen LogP contribution in [0.1, 0.15) is 5.56 Å². The molecule has 0 aliphatic heterocycles. The summed E-state index contributed by atoms with van der Waals surface area (Å²) in [5.74, 6) is 0.0978. The molecular formula is C16H15FN2O3. The van der Waals surface area contributed by atoms with Crippen molar-refractivity contribution >= 4 is 11.6 Å². The van der Waals surface area contributed by atoms with Crippen molar-refractivity contribution < 1.29 is 18.8 Å². The highest BCUT2D eigenvalue weighted by Gasteiger charge is 2.18. The molecule has 0 heterocycles. The molecule has 0 aromatic heterocycles. The summed E-state index contributed by atoms with van der Waals surface area (Å²) in [6.45, 7) is 0. The van der Waals surface area contributed by atoms with E-state index in [1.165, 1.54) is 38.4 Å². The second kappa shape index (κ2) is 7.21. The van der Waals surface area contributed by atoms with Crippen LogP contribution in [0.3, 0.4) is 0 Å². The second-order valence-corrected chi connectivity index (χ2v) is 4.25. The number of amides is 1.